The largest absolute Gasteiger partial charge is 0.312 e. The number of hydrogen-bond acceptors (Lipinski definition) is 2. The predicted octanol–water partition coefficient (Wildman–Crippen LogP) is 3.30. The van der Waals surface area contributed by atoms with Crippen molar-refractivity contribution < 1.29 is 0 Å². The predicted molar refractivity (Wildman–Crippen MR) is 80.2 cm³/mol. The molecule has 2 rings (SSSR count). The summed E-state index contributed by atoms with van der Waals surface area (Å²) in [6, 6.07) is 2.17. The molecule has 19 heavy (non-hydrogen) atoms. The van der Waals surface area contributed by atoms with Gasteiger partial charge in [0.1, 0.15) is 0 Å². The maximum absolute atomic E-state index is 4.58. The van der Waals surface area contributed by atoms with Crippen molar-refractivity contribution in [1.29, 1.82) is 0 Å². The van der Waals surface area contributed by atoms with Gasteiger partial charge in [-0.1, -0.05) is 19.3 Å². The van der Waals surface area contributed by atoms with Crippen LogP contribution in [-0.2, 0) is 13.5 Å². The summed E-state index contributed by atoms with van der Waals surface area (Å²) >= 11 is 0. The molecule has 1 aliphatic rings. The molecule has 0 aliphatic heterocycles. The molecule has 3 nitrogen and oxygen atoms in total. The number of aryl methyl sites for hydroxylation is 1. The van der Waals surface area contributed by atoms with E-state index in [0.717, 1.165) is 13.0 Å². The normalized spacial score (nSPS) is 19.6. The summed E-state index contributed by atoms with van der Waals surface area (Å²) in [6.45, 7) is 7.88. The van der Waals surface area contributed by atoms with Crippen molar-refractivity contribution in [2.24, 2.45) is 12.5 Å². The fourth-order valence-electron chi connectivity index (χ4n) is 3.11. The Morgan fingerprint density at radius 3 is 2.47 bits per heavy atom. The minimum Gasteiger partial charge on any atom is -0.312 e. The van der Waals surface area contributed by atoms with Gasteiger partial charge in [0, 0.05) is 25.3 Å². The Hall–Kier alpha value is -0.830. The molecule has 1 N–H and O–H groups in total. The number of hydrogen-bond donors (Lipinski definition) is 1. The van der Waals surface area contributed by atoms with Gasteiger partial charge in [-0.05, 0) is 51.5 Å². The topological polar surface area (TPSA) is 29.9 Å². The van der Waals surface area contributed by atoms with Crippen molar-refractivity contribution in [3.05, 3.63) is 18.0 Å². The lowest BCUT2D eigenvalue weighted by atomic mass is 9.71. The molecule has 0 unspecified atom stereocenters. The highest BCUT2D eigenvalue weighted by molar-refractivity contribution is 5.05. The van der Waals surface area contributed by atoms with Gasteiger partial charge in [0.15, 0.2) is 0 Å². The van der Waals surface area contributed by atoms with Crippen LogP contribution in [0.15, 0.2) is 12.3 Å². The average Bonchev–Trinajstić information content (AvgIpc) is 2.73. The summed E-state index contributed by atoms with van der Waals surface area (Å²) in [6.07, 6.45) is 10.0. The van der Waals surface area contributed by atoms with Gasteiger partial charge in [0.05, 0.1) is 5.69 Å². The highest BCUT2D eigenvalue weighted by atomic mass is 15.2. The maximum atomic E-state index is 4.58. The van der Waals surface area contributed by atoms with Gasteiger partial charge in [0.25, 0.3) is 0 Å². The average molecular weight is 263 g/mol. The summed E-state index contributed by atoms with van der Waals surface area (Å²) in [5.74, 6) is 0. The molecule has 1 fully saturated rings. The number of rotatable bonds is 4. The molecule has 0 saturated heterocycles. The highest BCUT2D eigenvalue weighted by Gasteiger charge is 2.33. The van der Waals surface area contributed by atoms with E-state index in [1.807, 2.05) is 11.7 Å². The van der Waals surface area contributed by atoms with Crippen LogP contribution in [0.2, 0.25) is 0 Å². The van der Waals surface area contributed by atoms with Crippen LogP contribution in [0, 0.1) is 5.41 Å². The Bertz CT molecular complexity index is 394. The first-order chi connectivity index (χ1) is 8.89. The first kappa shape index (κ1) is 14.6. The van der Waals surface area contributed by atoms with Gasteiger partial charge < -0.3 is 5.32 Å². The lowest BCUT2D eigenvalue weighted by molar-refractivity contribution is 0.163. The van der Waals surface area contributed by atoms with E-state index < -0.39 is 0 Å². The molecule has 108 valence electrons. The molecule has 0 atom stereocenters. The van der Waals surface area contributed by atoms with Crippen molar-refractivity contribution in [3.8, 4) is 0 Å². The third-order valence-corrected chi connectivity index (χ3v) is 4.23. The second-order valence-electron chi connectivity index (χ2n) is 7.32. The maximum Gasteiger partial charge on any atom is 0.0630 e. The standard InChI is InChI=1S/C16H29N3/c1-15(2,3)17-13-16(9-6-5-7-10-16)12-14-8-11-19(4)18-14/h8,11,17H,5-7,9-10,12-13H2,1-4H3. The van der Waals surface area contributed by atoms with Gasteiger partial charge in [-0.15, -0.1) is 0 Å². The molecule has 0 bridgehead atoms. The molecule has 3 heteroatoms. The Morgan fingerprint density at radius 1 is 1.26 bits per heavy atom. The number of aromatic nitrogens is 2. The van der Waals surface area contributed by atoms with E-state index in [-0.39, 0.29) is 5.54 Å². The number of nitrogens with zero attached hydrogens (tertiary/aromatic N) is 2. The third kappa shape index (κ3) is 4.34. The summed E-state index contributed by atoms with van der Waals surface area (Å²) in [5.41, 5.74) is 1.87. The molecule has 0 radical (unpaired) electrons. The van der Waals surface area contributed by atoms with E-state index >= 15 is 0 Å². The van der Waals surface area contributed by atoms with Gasteiger partial charge in [-0.25, -0.2) is 0 Å². The smallest absolute Gasteiger partial charge is 0.0630 e. The van der Waals surface area contributed by atoms with Crippen molar-refractivity contribution in [3.63, 3.8) is 0 Å². The fourth-order valence-corrected chi connectivity index (χ4v) is 3.11. The second-order valence-corrected chi connectivity index (χ2v) is 7.32. The highest BCUT2D eigenvalue weighted by Crippen LogP contribution is 2.38. The van der Waals surface area contributed by atoms with E-state index in [4.69, 9.17) is 0 Å². The van der Waals surface area contributed by atoms with E-state index in [1.165, 1.54) is 37.8 Å². The van der Waals surface area contributed by atoms with Crippen molar-refractivity contribution >= 4 is 0 Å². The van der Waals surface area contributed by atoms with Gasteiger partial charge in [-0.2, -0.15) is 5.10 Å². The quantitative estimate of drug-likeness (QED) is 0.903. The zero-order chi connectivity index (χ0) is 13.9. The summed E-state index contributed by atoms with van der Waals surface area (Å²) in [4.78, 5) is 0. The van der Waals surface area contributed by atoms with Crippen LogP contribution in [0.25, 0.3) is 0 Å². The van der Waals surface area contributed by atoms with Crippen LogP contribution in [-0.4, -0.2) is 21.9 Å². The summed E-state index contributed by atoms with van der Waals surface area (Å²) in [5, 5.41) is 8.31. The lowest BCUT2D eigenvalue weighted by Gasteiger charge is -2.39. The van der Waals surface area contributed by atoms with Crippen molar-refractivity contribution in [2.45, 2.75) is 64.8 Å². The lowest BCUT2D eigenvalue weighted by Crippen LogP contribution is -2.45. The summed E-state index contributed by atoms with van der Waals surface area (Å²) < 4.78 is 1.92. The molecule has 1 heterocycles. The van der Waals surface area contributed by atoms with Crippen LogP contribution in [0.5, 0.6) is 0 Å². The molecule has 1 aliphatic carbocycles. The molecule has 0 spiro atoms. The molecular weight excluding hydrogens is 234 g/mol. The van der Waals surface area contributed by atoms with Gasteiger partial charge in [-0.3, -0.25) is 4.68 Å². The molecule has 1 aromatic heterocycles. The van der Waals surface area contributed by atoms with Crippen LogP contribution in [0.4, 0.5) is 0 Å². The van der Waals surface area contributed by atoms with Gasteiger partial charge >= 0.3 is 0 Å². The minimum absolute atomic E-state index is 0.203. The Balaban J connectivity index is 2.05. The van der Waals surface area contributed by atoms with Crippen LogP contribution < -0.4 is 5.32 Å². The fraction of sp³-hybridized carbons (Fsp3) is 0.812. The van der Waals surface area contributed by atoms with E-state index in [2.05, 4.69) is 43.4 Å². The van der Waals surface area contributed by atoms with Crippen molar-refractivity contribution in [2.75, 3.05) is 6.54 Å². The second kappa shape index (κ2) is 5.66. The Morgan fingerprint density at radius 2 is 1.95 bits per heavy atom. The first-order valence-corrected chi connectivity index (χ1v) is 7.62. The monoisotopic (exact) mass is 263 g/mol. The van der Waals surface area contributed by atoms with E-state index in [0.29, 0.717) is 5.41 Å². The third-order valence-electron chi connectivity index (χ3n) is 4.23. The molecular formula is C16H29N3. The SMILES string of the molecule is Cn1ccc(CC2(CNC(C)(C)C)CCCCC2)n1. The molecule has 1 aromatic rings. The first-order valence-electron chi connectivity index (χ1n) is 7.62. The Kier molecular flexibility index (Phi) is 4.34. The van der Waals surface area contributed by atoms with Crippen LogP contribution >= 0.6 is 0 Å². The van der Waals surface area contributed by atoms with Crippen molar-refractivity contribution in [1.82, 2.24) is 15.1 Å². The van der Waals surface area contributed by atoms with Gasteiger partial charge in [0.2, 0.25) is 0 Å². The van der Waals surface area contributed by atoms with Crippen LogP contribution in [0.1, 0.15) is 58.6 Å². The minimum atomic E-state index is 0.203. The number of nitrogens with one attached hydrogen (secondary N) is 1. The zero-order valence-corrected chi connectivity index (χ0v) is 13.0. The summed E-state index contributed by atoms with van der Waals surface area (Å²) in [7, 11) is 2.00. The van der Waals surface area contributed by atoms with Crippen LogP contribution in [0.3, 0.4) is 0 Å². The Labute approximate surface area is 117 Å². The molecule has 0 amide bonds. The molecule has 1 saturated carbocycles. The zero-order valence-electron chi connectivity index (χ0n) is 13.0. The molecule has 0 aromatic carbocycles. The van der Waals surface area contributed by atoms with E-state index in [9.17, 15) is 0 Å². The van der Waals surface area contributed by atoms with E-state index in [1.54, 1.807) is 0 Å².